The smallest absolute Gasteiger partial charge is 0.101 e. The second kappa shape index (κ2) is 4.78. The molecule has 0 saturated heterocycles. The Morgan fingerprint density at radius 2 is 1.46 bits per heavy atom. The van der Waals surface area contributed by atoms with Crippen molar-refractivity contribution in [2.75, 3.05) is 0 Å². The van der Waals surface area contributed by atoms with Gasteiger partial charge >= 0.3 is 0 Å². The van der Waals surface area contributed by atoms with Crippen LogP contribution in [0.2, 0.25) is 0 Å². The normalized spacial score (nSPS) is 11.3. The number of nitrogens with zero attached hydrogens (tertiary/aromatic N) is 2. The van der Waals surface area contributed by atoms with Crippen LogP contribution in [-0.4, -0.2) is 4.98 Å². The monoisotopic (exact) mass is 304 g/mol. The highest BCUT2D eigenvalue weighted by atomic mass is 14.6. The zero-order valence-electron chi connectivity index (χ0n) is 12.8. The maximum Gasteiger partial charge on any atom is 0.101 e. The van der Waals surface area contributed by atoms with E-state index in [-0.39, 0.29) is 0 Å². The zero-order chi connectivity index (χ0) is 16.1. The van der Waals surface area contributed by atoms with Crippen molar-refractivity contribution in [3.8, 4) is 17.2 Å². The fraction of sp³-hybridized carbons (Fsp3) is 0. The number of nitriles is 1. The highest BCUT2D eigenvalue weighted by Crippen LogP contribution is 2.38. The Balaban J connectivity index is 1.95. The molecule has 1 heterocycles. The van der Waals surface area contributed by atoms with Gasteiger partial charge < -0.3 is 0 Å². The lowest BCUT2D eigenvalue weighted by molar-refractivity contribution is 1.30. The van der Waals surface area contributed by atoms with Crippen LogP contribution in [0.25, 0.3) is 43.4 Å². The van der Waals surface area contributed by atoms with Gasteiger partial charge in [-0.2, -0.15) is 5.26 Å². The minimum Gasteiger partial charge on any atom is -0.263 e. The van der Waals surface area contributed by atoms with Gasteiger partial charge in [-0.1, -0.05) is 54.6 Å². The van der Waals surface area contributed by atoms with Crippen LogP contribution < -0.4 is 0 Å². The molecule has 5 aromatic rings. The molecule has 0 aliphatic rings. The van der Waals surface area contributed by atoms with Gasteiger partial charge in [0, 0.05) is 18.0 Å². The van der Waals surface area contributed by atoms with Crippen molar-refractivity contribution in [1.29, 1.82) is 5.26 Å². The molecule has 0 N–H and O–H groups in total. The van der Waals surface area contributed by atoms with E-state index < -0.39 is 0 Å². The molecule has 0 bridgehead atoms. The number of pyridine rings is 1. The lowest BCUT2D eigenvalue weighted by Crippen LogP contribution is -1.88. The fourth-order valence-corrected chi connectivity index (χ4v) is 3.64. The second-order valence-corrected chi connectivity index (χ2v) is 6.04. The Bertz CT molecular complexity index is 1250. The third-order valence-electron chi connectivity index (χ3n) is 4.71. The average molecular weight is 304 g/mol. The molecule has 0 aliphatic carbocycles. The fourth-order valence-electron chi connectivity index (χ4n) is 3.64. The molecule has 0 fully saturated rings. The van der Waals surface area contributed by atoms with Gasteiger partial charge in [-0.25, -0.2) is 0 Å². The summed E-state index contributed by atoms with van der Waals surface area (Å²) in [6, 6.07) is 23.5. The standard InChI is InChI=1S/C22H12N2/c23-11-14-10-18(13-24-12-14)19-8-6-17-5-4-15-2-1-3-16-7-9-20(19)22(17)21(15)16/h1-10,12-13H. The van der Waals surface area contributed by atoms with Gasteiger partial charge in [0.15, 0.2) is 0 Å². The number of hydrogen-bond donors (Lipinski definition) is 0. The highest BCUT2D eigenvalue weighted by molar-refractivity contribution is 6.25. The first-order valence-corrected chi connectivity index (χ1v) is 7.87. The van der Waals surface area contributed by atoms with Gasteiger partial charge in [0.2, 0.25) is 0 Å². The van der Waals surface area contributed by atoms with Crippen molar-refractivity contribution in [3.05, 3.63) is 78.6 Å². The number of rotatable bonds is 1. The van der Waals surface area contributed by atoms with Gasteiger partial charge in [-0.3, -0.25) is 4.98 Å². The van der Waals surface area contributed by atoms with Crippen molar-refractivity contribution in [1.82, 2.24) is 4.98 Å². The van der Waals surface area contributed by atoms with Crippen molar-refractivity contribution >= 4 is 32.3 Å². The van der Waals surface area contributed by atoms with Gasteiger partial charge in [-0.05, 0) is 43.9 Å². The summed E-state index contributed by atoms with van der Waals surface area (Å²) in [5, 5.41) is 16.7. The zero-order valence-corrected chi connectivity index (χ0v) is 12.8. The van der Waals surface area contributed by atoms with E-state index in [1.165, 1.54) is 32.3 Å². The van der Waals surface area contributed by atoms with Crippen LogP contribution in [0.5, 0.6) is 0 Å². The predicted octanol–water partition coefficient (Wildman–Crippen LogP) is 5.52. The van der Waals surface area contributed by atoms with E-state index in [9.17, 15) is 0 Å². The molecule has 2 heteroatoms. The van der Waals surface area contributed by atoms with Crippen molar-refractivity contribution < 1.29 is 0 Å². The summed E-state index contributed by atoms with van der Waals surface area (Å²) in [4.78, 5) is 4.22. The summed E-state index contributed by atoms with van der Waals surface area (Å²) in [5.41, 5.74) is 2.68. The van der Waals surface area contributed by atoms with Gasteiger partial charge in [0.05, 0.1) is 5.56 Å². The number of hydrogen-bond acceptors (Lipinski definition) is 2. The molecule has 1 aromatic heterocycles. The van der Waals surface area contributed by atoms with Crippen LogP contribution in [0.4, 0.5) is 0 Å². The first kappa shape index (κ1) is 13.0. The molecule has 110 valence electrons. The number of benzene rings is 4. The molecule has 4 aromatic carbocycles. The quantitative estimate of drug-likeness (QED) is 0.382. The summed E-state index contributed by atoms with van der Waals surface area (Å²) in [5.74, 6) is 0. The van der Waals surface area contributed by atoms with Crippen molar-refractivity contribution in [2.45, 2.75) is 0 Å². The Labute approximate surface area is 138 Å². The van der Waals surface area contributed by atoms with E-state index in [1.54, 1.807) is 6.20 Å². The van der Waals surface area contributed by atoms with E-state index in [0.29, 0.717) is 5.56 Å². The molecule has 0 aliphatic heterocycles. The molecular formula is C22H12N2. The topological polar surface area (TPSA) is 36.7 Å². The molecular weight excluding hydrogens is 292 g/mol. The molecule has 0 amide bonds. The minimum absolute atomic E-state index is 0.582. The Morgan fingerprint density at radius 1 is 0.750 bits per heavy atom. The van der Waals surface area contributed by atoms with E-state index >= 15 is 0 Å². The maximum absolute atomic E-state index is 9.15. The molecule has 0 unspecified atom stereocenters. The minimum atomic E-state index is 0.582. The molecule has 24 heavy (non-hydrogen) atoms. The Kier molecular flexibility index (Phi) is 2.60. The Hall–Kier alpha value is -3.44. The van der Waals surface area contributed by atoms with Crippen LogP contribution in [0.15, 0.2) is 73.1 Å². The van der Waals surface area contributed by atoms with Gasteiger partial charge in [-0.15, -0.1) is 0 Å². The summed E-state index contributed by atoms with van der Waals surface area (Å²) < 4.78 is 0. The lowest BCUT2D eigenvalue weighted by Gasteiger charge is -2.14. The Morgan fingerprint density at radius 3 is 2.25 bits per heavy atom. The van der Waals surface area contributed by atoms with Crippen molar-refractivity contribution in [2.24, 2.45) is 0 Å². The molecule has 2 nitrogen and oxygen atoms in total. The van der Waals surface area contributed by atoms with E-state index in [0.717, 1.165) is 11.1 Å². The summed E-state index contributed by atoms with van der Waals surface area (Å²) in [6.45, 7) is 0. The van der Waals surface area contributed by atoms with Gasteiger partial charge in [0.1, 0.15) is 6.07 Å². The highest BCUT2D eigenvalue weighted by Gasteiger charge is 2.12. The van der Waals surface area contributed by atoms with Gasteiger partial charge in [0.25, 0.3) is 0 Å². The van der Waals surface area contributed by atoms with E-state index in [1.807, 2.05) is 12.3 Å². The van der Waals surface area contributed by atoms with Crippen LogP contribution in [0.3, 0.4) is 0 Å². The van der Waals surface area contributed by atoms with Crippen LogP contribution in [0.1, 0.15) is 5.56 Å². The molecule has 0 saturated carbocycles. The predicted molar refractivity (Wildman–Crippen MR) is 98.1 cm³/mol. The average Bonchev–Trinajstić information content (AvgIpc) is 2.66. The third kappa shape index (κ3) is 1.73. The molecule has 5 rings (SSSR count). The third-order valence-corrected chi connectivity index (χ3v) is 4.71. The van der Waals surface area contributed by atoms with E-state index in [4.69, 9.17) is 5.26 Å². The maximum atomic E-state index is 9.15. The van der Waals surface area contributed by atoms with Crippen LogP contribution in [-0.2, 0) is 0 Å². The largest absolute Gasteiger partial charge is 0.263 e. The lowest BCUT2D eigenvalue weighted by atomic mass is 9.90. The summed E-state index contributed by atoms with van der Waals surface area (Å²) >= 11 is 0. The summed E-state index contributed by atoms with van der Waals surface area (Å²) in [7, 11) is 0. The molecule has 0 radical (unpaired) electrons. The second-order valence-electron chi connectivity index (χ2n) is 6.04. The first-order chi connectivity index (χ1) is 11.8. The summed E-state index contributed by atoms with van der Waals surface area (Å²) in [6.07, 6.45) is 3.42. The van der Waals surface area contributed by atoms with Crippen LogP contribution in [0, 0.1) is 11.3 Å². The van der Waals surface area contributed by atoms with Crippen LogP contribution >= 0.6 is 0 Å². The van der Waals surface area contributed by atoms with Crippen molar-refractivity contribution in [3.63, 3.8) is 0 Å². The molecule has 0 spiro atoms. The molecule has 0 atom stereocenters. The number of aromatic nitrogens is 1. The first-order valence-electron chi connectivity index (χ1n) is 7.87. The van der Waals surface area contributed by atoms with E-state index in [2.05, 4.69) is 65.7 Å². The SMILES string of the molecule is N#Cc1cncc(-c2ccc3ccc4cccc5ccc2c3c45)c1.